The second-order valence-corrected chi connectivity index (χ2v) is 6.58. The van der Waals surface area contributed by atoms with Crippen molar-refractivity contribution in [2.75, 3.05) is 6.54 Å². The predicted molar refractivity (Wildman–Crippen MR) is 75.2 cm³/mol. The van der Waals surface area contributed by atoms with E-state index in [1.807, 2.05) is 0 Å². The van der Waals surface area contributed by atoms with Crippen molar-refractivity contribution in [3.8, 4) is 0 Å². The fraction of sp³-hybridized carbons (Fsp3) is 0.625. The molecular weight excluding hydrogens is 260 g/mol. The molecule has 1 aromatic carbocycles. The monoisotopic (exact) mass is 283 g/mol. The number of benzene rings is 1. The summed E-state index contributed by atoms with van der Waals surface area (Å²) >= 11 is 0. The highest BCUT2D eigenvalue weighted by molar-refractivity contribution is 5.18. The van der Waals surface area contributed by atoms with Crippen LogP contribution < -0.4 is 5.73 Å². The first-order chi connectivity index (χ1) is 9.36. The Morgan fingerprint density at radius 3 is 2.40 bits per heavy atom. The summed E-state index contributed by atoms with van der Waals surface area (Å²) in [5.74, 6) is -0.883. The van der Waals surface area contributed by atoms with E-state index in [1.165, 1.54) is 6.07 Å². The smallest absolute Gasteiger partial charge is 0.128 e. The van der Waals surface area contributed by atoms with Gasteiger partial charge in [0.05, 0.1) is 12.2 Å². The molecule has 0 radical (unpaired) electrons. The lowest BCUT2D eigenvalue weighted by Gasteiger charge is -2.42. The van der Waals surface area contributed by atoms with Crippen molar-refractivity contribution in [1.29, 1.82) is 0 Å². The molecular formula is C16H23F2NO. The molecule has 0 heterocycles. The molecule has 0 amide bonds. The van der Waals surface area contributed by atoms with Crippen molar-refractivity contribution in [2.45, 2.75) is 51.7 Å². The summed E-state index contributed by atoms with van der Waals surface area (Å²) in [7, 11) is 0. The molecule has 1 aliphatic carbocycles. The fourth-order valence-corrected chi connectivity index (χ4v) is 2.67. The number of rotatable bonds is 4. The highest BCUT2D eigenvalue weighted by Crippen LogP contribution is 2.41. The molecule has 2 rings (SSSR count). The van der Waals surface area contributed by atoms with Gasteiger partial charge in [0.15, 0.2) is 0 Å². The highest BCUT2D eigenvalue weighted by atomic mass is 19.1. The van der Waals surface area contributed by atoms with Crippen LogP contribution in [0.4, 0.5) is 8.78 Å². The third kappa shape index (κ3) is 3.55. The van der Waals surface area contributed by atoms with Crippen molar-refractivity contribution >= 4 is 0 Å². The van der Waals surface area contributed by atoms with Crippen molar-refractivity contribution in [3.05, 3.63) is 35.4 Å². The van der Waals surface area contributed by atoms with E-state index < -0.39 is 17.2 Å². The van der Waals surface area contributed by atoms with Gasteiger partial charge in [-0.1, -0.05) is 13.8 Å². The first-order valence-electron chi connectivity index (χ1n) is 7.14. The van der Waals surface area contributed by atoms with Crippen LogP contribution in [0.1, 0.15) is 45.1 Å². The molecule has 2 nitrogen and oxygen atoms in total. The van der Waals surface area contributed by atoms with Crippen LogP contribution in [0.2, 0.25) is 0 Å². The van der Waals surface area contributed by atoms with Gasteiger partial charge >= 0.3 is 0 Å². The number of hydrogen-bond acceptors (Lipinski definition) is 2. The summed E-state index contributed by atoms with van der Waals surface area (Å²) in [4.78, 5) is 0. The first-order valence-corrected chi connectivity index (χ1v) is 7.14. The highest BCUT2D eigenvalue weighted by Gasteiger charge is 2.38. The maximum absolute atomic E-state index is 13.6. The minimum Gasteiger partial charge on any atom is -0.369 e. The zero-order valence-corrected chi connectivity index (χ0v) is 12.2. The standard InChI is InChI=1S/C16H23F2NO/c1-15(2)5-7-16(11-19,8-6-15)20-10-12-9-13(17)3-4-14(12)18/h3-4,9H,5-8,10-11,19H2,1-2H3. The molecule has 4 heteroatoms. The van der Waals surface area contributed by atoms with Crippen LogP contribution >= 0.6 is 0 Å². The third-order valence-electron chi connectivity index (χ3n) is 4.43. The van der Waals surface area contributed by atoms with E-state index in [2.05, 4.69) is 13.8 Å². The van der Waals surface area contributed by atoms with Gasteiger partial charge in [-0.2, -0.15) is 0 Å². The summed E-state index contributed by atoms with van der Waals surface area (Å²) in [5.41, 5.74) is 6.04. The lowest BCUT2D eigenvalue weighted by atomic mass is 9.71. The van der Waals surface area contributed by atoms with Crippen LogP contribution in [0.25, 0.3) is 0 Å². The predicted octanol–water partition coefficient (Wildman–Crippen LogP) is 3.78. The lowest BCUT2D eigenvalue weighted by molar-refractivity contribution is -0.0911. The maximum atomic E-state index is 13.6. The Bertz CT molecular complexity index is 464. The molecule has 0 saturated heterocycles. The van der Waals surface area contributed by atoms with Gasteiger partial charge in [0.1, 0.15) is 11.6 Å². The van der Waals surface area contributed by atoms with E-state index in [0.717, 1.165) is 37.8 Å². The summed E-state index contributed by atoms with van der Waals surface area (Å²) in [6.45, 7) is 4.96. The topological polar surface area (TPSA) is 35.2 Å². The molecule has 112 valence electrons. The van der Waals surface area contributed by atoms with Crippen LogP contribution in [0.3, 0.4) is 0 Å². The van der Waals surface area contributed by atoms with E-state index in [4.69, 9.17) is 10.5 Å². The normalized spacial score (nSPS) is 20.9. The number of halogens is 2. The molecule has 0 aliphatic heterocycles. The van der Waals surface area contributed by atoms with E-state index in [-0.39, 0.29) is 12.2 Å². The van der Waals surface area contributed by atoms with Gasteiger partial charge in [0.25, 0.3) is 0 Å². The molecule has 0 unspecified atom stereocenters. The zero-order chi connectivity index (χ0) is 14.8. The average molecular weight is 283 g/mol. The van der Waals surface area contributed by atoms with Gasteiger partial charge in [-0.15, -0.1) is 0 Å². The minimum absolute atomic E-state index is 0.0707. The Hall–Kier alpha value is -1.00. The van der Waals surface area contributed by atoms with E-state index in [0.29, 0.717) is 12.0 Å². The van der Waals surface area contributed by atoms with Crippen LogP contribution in [-0.4, -0.2) is 12.1 Å². The number of nitrogens with two attached hydrogens (primary N) is 1. The molecule has 0 aromatic heterocycles. The largest absolute Gasteiger partial charge is 0.369 e. The molecule has 2 N–H and O–H groups in total. The van der Waals surface area contributed by atoms with Gasteiger partial charge in [-0.05, 0) is 49.3 Å². The molecule has 20 heavy (non-hydrogen) atoms. The summed E-state index contributed by atoms with van der Waals surface area (Å²) < 4.78 is 32.6. The quantitative estimate of drug-likeness (QED) is 0.912. The van der Waals surface area contributed by atoms with Crippen molar-refractivity contribution in [2.24, 2.45) is 11.1 Å². The van der Waals surface area contributed by atoms with Gasteiger partial charge in [-0.25, -0.2) is 8.78 Å². The Morgan fingerprint density at radius 1 is 1.15 bits per heavy atom. The lowest BCUT2D eigenvalue weighted by Crippen LogP contribution is -2.45. The third-order valence-corrected chi connectivity index (χ3v) is 4.43. The van der Waals surface area contributed by atoms with Crippen molar-refractivity contribution in [1.82, 2.24) is 0 Å². The second-order valence-electron chi connectivity index (χ2n) is 6.58. The Labute approximate surface area is 119 Å². The van der Waals surface area contributed by atoms with Gasteiger partial charge in [-0.3, -0.25) is 0 Å². The number of ether oxygens (including phenoxy) is 1. The first kappa shape index (κ1) is 15.4. The van der Waals surface area contributed by atoms with Crippen LogP contribution in [-0.2, 0) is 11.3 Å². The Kier molecular flexibility index (Phi) is 4.45. The summed E-state index contributed by atoms with van der Waals surface area (Å²) in [6, 6.07) is 3.43. The summed E-state index contributed by atoms with van der Waals surface area (Å²) in [5, 5.41) is 0. The SMILES string of the molecule is CC1(C)CCC(CN)(OCc2cc(F)ccc2F)CC1. The molecule has 1 aromatic rings. The Morgan fingerprint density at radius 2 is 1.80 bits per heavy atom. The molecule has 1 aliphatic rings. The van der Waals surface area contributed by atoms with Gasteiger partial charge in [0.2, 0.25) is 0 Å². The average Bonchev–Trinajstić information content (AvgIpc) is 2.42. The van der Waals surface area contributed by atoms with Crippen LogP contribution in [0.15, 0.2) is 18.2 Å². The Balaban J connectivity index is 2.02. The molecule has 0 atom stereocenters. The minimum atomic E-state index is -0.448. The second kappa shape index (κ2) is 5.78. The molecule has 0 spiro atoms. The molecule has 1 saturated carbocycles. The van der Waals surface area contributed by atoms with Crippen LogP contribution in [0, 0.1) is 17.0 Å². The van der Waals surface area contributed by atoms with E-state index >= 15 is 0 Å². The van der Waals surface area contributed by atoms with Gasteiger partial charge in [0, 0.05) is 12.1 Å². The molecule has 0 bridgehead atoms. The van der Waals surface area contributed by atoms with E-state index in [1.54, 1.807) is 0 Å². The van der Waals surface area contributed by atoms with Crippen molar-refractivity contribution < 1.29 is 13.5 Å². The fourth-order valence-electron chi connectivity index (χ4n) is 2.67. The number of hydrogen-bond donors (Lipinski definition) is 1. The zero-order valence-electron chi connectivity index (χ0n) is 12.2. The van der Waals surface area contributed by atoms with Crippen molar-refractivity contribution in [3.63, 3.8) is 0 Å². The van der Waals surface area contributed by atoms with Gasteiger partial charge < -0.3 is 10.5 Å². The van der Waals surface area contributed by atoms with Crippen LogP contribution in [0.5, 0.6) is 0 Å². The van der Waals surface area contributed by atoms with E-state index in [9.17, 15) is 8.78 Å². The maximum Gasteiger partial charge on any atom is 0.128 e. The summed E-state index contributed by atoms with van der Waals surface area (Å²) in [6.07, 6.45) is 3.81. The molecule has 1 fully saturated rings.